The molecule has 0 bridgehead atoms. The lowest BCUT2D eigenvalue weighted by molar-refractivity contribution is -0.105. The van der Waals surface area contributed by atoms with Crippen LogP contribution in [0, 0.1) is 0 Å². The highest BCUT2D eigenvalue weighted by atomic mass is 35.5. The van der Waals surface area contributed by atoms with E-state index < -0.39 is 0 Å². The standard InChI is InChI=1S/C8H10ClN3O/c1-5(2)6-3-7(10-4-13)11-12-8(6)9/h3-5H,1-2H3,(H,10,11,13). The number of carbonyl (C=O) groups excluding carboxylic acids is 1. The third-order valence-corrected chi connectivity index (χ3v) is 1.90. The van der Waals surface area contributed by atoms with Gasteiger partial charge in [-0.05, 0) is 17.5 Å². The highest BCUT2D eigenvalue weighted by Gasteiger charge is 2.07. The van der Waals surface area contributed by atoms with E-state index in [9.17, 15) is 4.79 Å². The summed E-state index contributed by atoms with van der Waals surface area (Å²) >= 11 is 5.80. The number of rotatable bonds is 3. The van der Waals surface area contributed by atoms with E-state index in [0.29, 0.717) is 17.4 Å². The second-order valence-corrected chi connectivity index (χ2v) is 3.25. The van der Waals surface area contributed by atoms with Crippen LogP contribution in [0.5, 0.6) is 0 Å². The van der Waals surface area contributed by atoms with Gasteiger partial charge in [-0.1, -0.05) is 25.4 Å². The smallest absolute Gasteiger partial charge is 0.212 e. The maximum Gasteiger partial charge on any atom is 0.212 e. The molecule has 0 saturated carbocycles. The van der Waals surface area contributed by atoms with Gasteiger partial charge >= 0.3 is 0 Å². The van der Waals surface area contributed by atoms with Crippen LogP contribution in [-0.2, 0) is 4.79 Å². The number of nitrogens with one attached hydrogen (secondary N) is 1. The molecule has 1 N–H and O–H groups in total. The third kappa shape index (κ3) is 2.39. The Morgan fingerprint density at radius 1 is 1.54 bits per heavy atom. The molecular weight excluding hydrogens is 190 g/mol. The Hall–Kier alpha value is -1.16. The predicted octanol–water partition coefficient (Wildman–Crippen LogP) is 1.82. The van der Waals surface area contributed by atoms with Crippen LogP contribution in [0.4, 0.5) is 5.82 Å². The zero-order chi connectivity index (χ0) is 9.84. The summed E-state index contributed by atoms with van der Waals surface area (Å²) in [6, 6.07) is 1.72. The fraction of sp³-hybridized carbons (Fsp3) is 0.375. The average molecular weight is 200 g/mol. The van der Waals surface area contributed by atoms with Crippen LogP contribution in [0.3, 0.4) is 0 Å². The lowest BCUT2D eigenvalue weighted by atomic mass is 10.1. The minimum Gasteiger partial charge on any atom is -0.312 e. The van der Waals surface area contributed by atoms with E-state index in [1.54, 1.807) is 6.07 Å². The van der Waals surface area contributed by atoms with Crippen molar-refractivity contribution in [1.82, 2.24) is 10.2 Å². The van der Waals surface area contributed by atoms with Crippen molar-refractivity contribution < 1.29 is 4.79 Å². The highest BCUT2D eigenvalue weighted by Crippen LogP contribution is 2.22. The molecule has 0 spiro atoms. The molecule has 0 atom stereocenters. The summed E-state index contributed by atoms with van der Waals surface area (Å²) in [4.78, 5) is 10.1. The first-order valence-corrected chi connectivity index (χ1v) is 4.26. The summed E-state index contributed by atoms with van der Waals surface area (Å²) in [5.41, 5.74) is 0.876. The van der Waals surface area contributed by atoms with Crippen molar-refractivity contribution in [2.24, 2.45) is 0 Å². The van der Waals surface area contributed by atoms with Gasteiger partial charge in [-0.2, -0.15) is 0 Å². The predicted molar refractivity (Wildman–Crippen MR) is 50.8 cm³/mol. The van der Waals surface area contributed by atoms with E-state index >= 15 is 0 Å². The summed E-state index contributed by atoms with van der Waals surface area (Å²) in [6.45, 7) is 3.99. The van der Waals surface area contributed by atoms with Crippen molar-refractivity contribution in [2.75, 3.05) is 5.32 Å². The number of halogens is 1. The molecule has 5 heteroatoms. The van der Waals surface area contributed by atoms with Gasteiger partial charge in [0.1, 0.15) is 0 Å². The lowest BCUT2D eigenvalue weighted by Gasteiger charge is -2.07. The molecule has 0 unspecified atom stereocenters. The van der Waals surface area contributed by atoms with Gasteiger partial charge in [-0.3, -0.25) is 4.79 Å². The maximum absolute atomic E-state index is 10.1. The molecule has 0 aliphatic heterocycles. The number of carbonyl (C=O) groups is 1. The molecule has 1 rings (SSSR count). The topological polar surface area (TPSA) is 54.9 Å². The maximum atomic E-state index is 10.1. The van der Waals surface area contributed by atoms with E-state index in [2.05, 4.69) is 15.5 Å². The molecule has 1 aromatic rings. The largest absolute Gasteiger partial charge is 0.312 e. The molecule has 13 heavy (non-hydrogen) atoms. The van der Waals surface area contributed by atoms with Gasteiger partial charge in [-0.15, -0.1) is 10.2 Å². The zero-order valence-corrected chi connectivity index (χ0v) is 8.17. The minimum atomic E-state index is 0.259. The number of amides is 1. The van der Waals surface area contributed by atoms with Gasteiger partial charge in [0.15, 0.2) is 11.0 Å². The second kappa shape index (κ2) is 4.18. The molecule has 0 radical (unpaired) electrons. The van der Waals surface area contributed by atoms with E-state index in [4.69, 9.17) is 11.6 Å². The first kappa shape index (κ1) is 9.92. The molecule has 0 aliphatic rings. The van der Waals surface area contributed by atoms with E-state index in [1.165, 1.54) is 0 Å². The second-order valence-electron chi connectivity index (χ2n) is 2.89. The number of anilines is 1. The van der Waals surface area contributed by atoms with Crippen LogP contribution in [0.2, 0.25) is 5.15 Å². The minimum absolute atomic E-state index is 0.259. The molecule has 0 aliphatic carbocycles. The summed E-state index contributed by atoms with van der Waals surface area (Å²) in [5.74, 6) is 0.679. The van der Waals surface area contributed by atoms with Crippen molar-refractivity contribution in [3.8, 4) is 0 Å². The highest BCUT2D eigenvalue weighted by molar-refractivity contribution is 6.30. The molecular formula is C8H10ClN3O. The Labute approximate surface area is 81.3 Å². The van der Waals surface area contributed by atoms with Crippen LogP contribution < -0.4 is 5.32 Å². The van der Waals surface area contributed by atoms with E-state index in [0.717, 1.165) is 5.56 Å². The Balaban J connectivity index is 3.03. The Morgan fingerprint density at radius 3 is 2.77 bits per heavy atom. The van der Waals surface area contributed by atoms with Crippen LogP contribution in [0.15, 0.2) is 6.07 Å². The number of nitrogens with zero attached hydrogens (tertiary/aromatic N) is 2. The number of hydrogen-bond acceptors (Lipinski definition) is 3. The molecule has 4 nitrogen and oxygen atoms in total. The average Bonchev–Trinajstić information content (AvgIpc) is 2.08. The molecule has 1 heterocycles. The van der Waals surface area contributed by atoms with Gasteiger partial charge in [-0.25, -0.2) is 0 Å². The fourth-order valence-electron chi connectivity index (χ4n) is 0.927. The monoisotopic (exact) mass is 199 g/mol. The molecule has 1 amide bonds. The zero-order valence-electron chi connectivity index (χ0n) is 7.41. The molecule has 1 aromatic heterocycles. The Morgan fingerprint density at radius 2 is 2.23 bits per heavy atom. The summed E-state index contributed by atoms with van der Waals surface area (Å²) in [6.07, 6.45) is 0.558. The van der Waals surface area contributed by atoms with Gasteiger partial charge in [0, 0.05) is 0 Å². The van der Waals surface area contributed by atoms with Gasteiger partial charge in [0.05, 0.1) is 0 Å². The van der Waals surface area contributed by atoms with Crippen LogP contribution in [0.1, 0.15) is 25.3 Å². The van der Waals surface area contributed by atoms with Crippen LogP contribution in [0.25, 0.3) is 0 Å². The molecule has 70 valence electrons. The van der Waals surface area contributed by atoms with Gasteiger partial charge in [0.2, 0.25) is 6.41 Å². The molecule has 0 fully saturated rings. The SMILES string of the molecule is CC(C)c1cc(NC=O)nnc1Cl. The first-order chi connectivity index (χ1) is 6.15. The number of hydrogen-bond donors (Lipinski definition) is 1. The fourth-order valence-corrected chi connectivity index (χ4v) is 1.24. The van der Waals surface area contributed by atoms with Crippen molar-refractivity contribution in [2.45, 2.75) is 19.8 Å². The van der Waals surface area contributed by atoms with Crippen molar-refractivity contribution >= 4 is 23.8 Å². The summed E-state index contributed by atoms with van der Waals surface area (Å²) < 4.78 is 0. The molecule has 0 aromatic carbocycles. The number of aromatic nitrogens is 2. The van der Waals surface area contributed by atoms with Gasteiger partial charge < -0.3 is 5.32 Å². The Bertz CT molecular complexity index is 314. The quantitative estimate of drug-likeness (QED) is 0.756. The molecule has 0 saturated heterocycles. The van der Waals surface area contributed by atoms with Crippen LogP contribution >= 0.6 is 11.6 Å². The van der Waals surface area contributed by atoms with Crippen molar-refractivity contribution in [3.05, 3.63) is 16.8 Å². The Kier molecular flexibility index (Phi) is 3.19. The van der Waals surface area contributed by atoms with Crippen LogP contribution in [-0.4, -0.2) is 16.6 Å². The van der Waals surface area contributed by atoms with E-state index in [-0.39, 0.29) is 5.92 Å². The third-order valence-electron chi connectivity index (χ3n) is 1.60. The first-order valence-electron chi connectivity index (χ1n) is 3.88. The lowest BCUT2D eigenvalue weighted by Crippen LogP contribution is -2.01. The van der Waals surface area contributed by atoms with Crippen molar-refractivity contribution in [3.63, 3.8) is 0 Å². The summed E-state index contributed by atoms with van der Waals surface area (Å²) in [7, 11) is 0. The van der Waals surface area contributed by atoms with Gasteiger partial charge in [0.25, 0.3) is 0 Å². The summed E-state index contributed by atoms with van der Waals surface area (Å²) in [5, 5.41) is 10.2. The normalized spacial score (nSPS) is 10.2. The van der Waals surface area contributed by atoms with Crippen molar-refractivity contribution in [1.29, 1.82) is 0 Å². The van der Waals surface area contributed by atoms with E-state index in [1.807, 2.05) is 13.8 Å².